The number of halogens is 3. The Bertz CT molecular complexity index is 1080. The van der Waals surface area contributed by atoms with Gasteiger partial charge in [-0.3, -0.25) is 0 Å². The van der Waals surface area contributed by atoms with Gasteiger partial charge in [-0.15, -0.1) is 0 Å². The summed E-state index contributed by atoms with van der Waals surface area (Å²) in [6, 6.07) is 14.7. The van der Waals surface area contributed by atoms with Gasteiger partial charge in [0.15, 0.2) is 0 Å². The van der Waals surface area contributed by atoms with Crippen LogP contribution in [0.3, 0.4) is 0 Å². The van der Waals surface area contributed by atoms with Gasteiger partial charge in [0.1, 0.15) is 17.1 Å². The van der Waals surface area contributed by atoms with Crippen LogP contribution in [0.25, 0.3) is 0 Å². The molecule has 1 aromatic heterocycles. The lowest BCUT2D eigenvalue weighted by Crippen LogP contribution is -2.13. The quantitative estimate of drug-likeness (QED) is 0.351. The first-order valence-electron chi connectivity index (χ1n) is 11.7. The van der Waals surface area contributed by atoms with Crippen LogP contribution in [0.2, 0.25) is 0 Å². The zero-order chi connectivity index (χ0) is 24.1. The van der Waals surface area contributed by atoms with Crippen molar-refractivity contribution in [2.24, 2.45) is 0 Å². The van der Waals surface area contributed by atoms with Crippen LogP contribution in [0.4, 0.5) is 36.3 Å². The fourth-order valence-electron chi connectivity index (χ4n) is 4.04. The van der Waals surface area contributed by atoms with E-state index < -0.39 is 11.7 Å². The summed E-state index contributed by atoms with van der Waals surface area (Å²) in [6.07, 6.45) is 2.03. The van der Waals surface area contributed by atoms with Crippen molar-refractivity contribution in [1.29, 1.82) is 0 Å². The van der Waals surface area contributed by atoms with Crippen molar-refractivity contribution in [3.63, 3.8) is 0 Å². The molecule has 1 aliphatic rings. The monoisotopic (exact) mass is 470 g/mol. The summed E-state index contributed by atoms with van der Waals surface area (Å²) in [4.78, 5) is 8.03. The van der Waals surface area contributed by atoms with Crippen molar-refractivity contribution in [3.05, 3.63) is 65.9 Å². The largest absolute Gasteiger partial charge is 0.491 e. The van der Waals surface area contributed by atoms with E-state index in [1.807, 2.05) is 26.0 Å². The van der Waals surface area contributed by atoms with Crippen molar-refractivity contribution in [3.8, 4) is 5.75 Å². The van der Waals surface area contributed by atoms with Crippen LogP contribution in [0.15, 0.2) is 54.7 Å². The summed E-state index contributed by atoms with van der Waals surface area (Å²) < 4.78 is 46.5. The molecule has 1 unspecified atom stereocenters. The molecule has 180 valence electrons. The molecule has 0 amide bonds. The van der Waals surface area contributed by atoms with Gasteiger partial charge in [-0.1, -0.05) is 31.9 Å². The number of hydrogen-bond donors (Lipinski definition) is 2. The molecule has 8 heteroatoms. The zero-order valence-electron chi connectivity index (χ0n) is 19.3. The summed E-state index contributed by atoms with van der Waals surface area (Å²) in [5.41, 5.74) is 1.54. The van der Waals surface area contributed by atoms with E-state index in [4.69, 9.17) is 4.74 Å². The number of hydrogen-bond acceptors (Lipinski definition) is 5. The van der Waals surface area contributed by atoms with Crippen LogP contribution >= 0.6 is 0 Å². The lowest BCUT2D eigenvalue weighted by Gasteiger charge is -2.16. The third-order valence-corrected chi connectivity index (χ3v) is 6.12. The Labute approximate surface area is 197 Å². The fourth-order valence-corrected chi connectivity index (χ4v) is 4.04. The topological polar surface area (TPSA) is 59.1 Å². The highest BCUT2D eigenvalue weighted by atomic mass is 19.4. The van der Waals surface area contributed by atoms with Crippen LogP contribution in [0.1, 0.15) is 63.0 Å². The van der Waals surface area contributed by atoms with Crippen LogP contribution in [-0.4, -0.2) is 16.1 Å². The molecule has 2 N–H and O–H groups in total. The Kier molecular flexibility index (Phi) is 7.24. The third-order valence-electron chi connectivity index (χ3n) is 6.12. The van der Waals surface area contributed by atoms with Gasteiger partial charge in [-0.2, -0.15) is 18.2 Å². The van der Waals surface area contributed by atoms with E-state index in [-0.39, 0.29) is 17.9 Å². The molecule has 5 nitrogen and oxygen atoms in total. The second kappa shape index (κ2) is 10.3. The summed E-state index contributed by atoms with van der Waals surface area (Å²) in [6.45, 7) is 3.98. The Balaban J connectivity index is 1.52. The lowest BCUT2D eigenvalue weighted by molar-refractivity contribution is -0.137. The van der Waals surface area contributed by atoms with E-state index in [1.54, 1.807) is 24.3 Å². The normalized spacial score (nSPS) is 15.2. The molecule has 0 bridgehead atoms. The van der Waals surface area contributed by atoms with Crippen LogP contribution in [-0.2, 0) is 6.18 Å². The number of nitrogens with one attached hydrogen (secondary N) is 2. The Morgan fingerprint density at radius 3 is 2.21 bits per heavy atom. The minimum absolute atomic E-state index is 0.0540. The standard InChI is InChI=1S/C26H29F3N4O/c1-3-17(2)34-22-14-12-20(13-15-22)31-24-23(26(27,28)29)16-30-25(33-24)32-21-10-8-19(9-11-21)18-6-4-5-7-18/h8-18H,3-7H2,1-2H3,(H2,30,31,32,33). The maximum Gasteiger partial charge on any atom is 0.421 e. The highest BCUT2D eigenvalue weighted by Gasteiger charge is 2.35. The van der Waals surface area contributed by atoms with Crippen LogP contribution < -0.4 is 15.4 Å². The zero-order valence-corrected chi connectivity index (χ0v) is 19.3. The first-order chi connectivity index (χ1) is 16.3. The van der Waals surface area contributed by atoms with Gasteiger partial charge < -0.3 is 15.4 Å². The molecule has 0 radical (unpaired) electrons. The molecule has 1 saturated carbocycles. The molecule has 34 heavy (non-hydrogen) atoms. The number of rotatable bonds is 8. The molecule has 0 spiro atoms. The highest BCUT2D eigenvalue weighted by molar-refractivity contribution is 5.63. The van der Waals surface area contributed by atoms with Crippen LogP contribution in [0.5, 0.6) is 5.75 Å². The van der Waals surface area contributed by atoms with Crippen molar-refractivity contribution >= 4 is 23.1 Å². The first-order valence-corrected chi connectivity index (χ1v) is 11.7. The van der Waals surface area contributed by atoms with Crippen molar-refractivity contribution in [2.45, 2.75) is 64.1 Å². The number of alkyl halides is 3. The number of aromatic nitrogens is 2. The van der Waals surface area contributed by atoms with Gasteiger partial charge in [0, 0.05) is 17.6 Å². The summed E-state index contributed by atoms with van der Waals surface area (Å²) in [5.74, 6) is 1.01. The van der Waals surface area contributed by atoms with Gasteiger partial charge in [-0.05, 0) is 74.1 Å². The van der Waals surface area contributed by atoms with Gasteiger partial charge in [0.05, 0.1) is 6.10 Å². The minimum Gasteiger partial charge on any atom is -0.491 e. The third kappa shape index (κ3) is 5.98. The van der Waals surface area contributed by atoms with E-state index in [9.17, 15) is 13.2 Å². The predicted octanol–water partition coefficient (Wildman–Crippen LogP) is 7.82. The molecular weight excluding hydrogens is 441 g/mol. The van der Waals surface area contributed by atoms with Gasteiger partial charge >= 0.3 is 6.18 Å². The van der Waals surface area contributed by atoms with Crippen molar-refractivity contribution in [2.75, 3.05) is 10.6 Å². The average Bonchev–Trinajstić information content (AvgIpc) is 3.35. The second-order valence-electron chi connectivity index (χ2n) is 8.67. The predicted molar refractivity (Wildman–Crippen MR) is 128 cm³/mol. The van der Waals surface area contributed by atoms with Crippen LogP contribution in [0, 0.1) is 0 Å². The molecule has 1 fully saturated rings. The smallest absolute Gasteiger partial charge is 0.421 e. The highest BCUT2D eigenvalue weighted by Crippen LogP contribution is 2.36. The molecule has 4 rings (SSSR count). The van der Waals surface area contributed by atoms with Gasteiger partial charge in [0.2, 0.25) is 5.95 Å². The molecule has 3 aromatic rings. The van der Waals surface area contributed by atoms with E-state index in [0.717, 1.165) is 18.3 Å². The Morgan fingerprint density at radius 1 is 0.971 bits per heavy atom. The number of nitrogens with zero attached hydrogens (tertiary/aromatic N) is 2. The number of anilines is 4. The molecule has 0 aliphatic heterocycles. The second-order valence-corrected chi connectivity index (χ2v) is 8.67. The molecular formula is C26H29F3N4O. The van der Waals surface area contributed by atoms with E-state index in [1.165, 1.54) is 31.2 Å². The number of benzene rings is 2. The average molecular weight is 471 g/mol. The van der Waals surface area contributed by atoms with Gasteiger partial charge in [-0.25, -0.2) is 4.98 Å². The molecule has 1 heterocycles. The maximum atomic E-state index is 13.6. The summed E-state index contributed by atoms with van der Waals surface area (Å²) in [5, 5.41) is 5.79. The molecule has 1 atom stereocenters. The molecule has 2 aromatic carbocycles. The SMILES string of the molecule is CCC(C)Oc1ccc(Nc2nc(Nc3ccc(C4CCCC4)cc3)ncc2C(F)(F)F)cc1. The Morgan fingerprint density at radius 2 is 1.59 bits per heavy atom. The maximum absolute atomic E-state index is 13.6. The van der Waals surface area contributed by atoms with E-state index in [2.05, 4.69) is 32.7 Å². The fraction of sp³-hybridized carbons (Fsp3) is 0.385. The van der Waals surface area contributed by atoms with E-state index in [0.29, 0.717) is 17.4 Å². The Hall–Kier alpha value is -3.29. The number of ether oxygens (including phenoxy) is 1. The molecule has 0 saturated heterocycles. The van der Waals surface area contributed by atoms with E-state index >= 15 is 0 Å². The summed E-state index contributed by atoms with van der Waals surface area (Å²) in [7, 11) is 0. The minimum atomic E-state index is -4.59. The summed E-state index contributed by atoms with van der Waals surface area (Å²) >= 11 is 0. The van der Waals surface area contributed by atoms with Gasteiger partial charge in [0.25, 0.3) is 0 Å². The lowest BCUT2D eigenvalue weighted by atomic mass is 9.98. The molecule has 1 aliphatic carbocycles. The van der Waals surface area contributed by atoms with Crippen molar-refractivity contribution < 1.29 is 17.9 Å². The van der Waals surface area contributed by atoms with Crippen molar-refractivity contribution in [1.82, 2.24) is 9.97 Å². The first kappa shape index (κ1) is 23.9.